The maximum Gasteiger partial charge on any atom is 0.253 e. The first-order valence-electron chi connectivity index (χ1n) is 30.4. The number of likely N-dealkylation sites (N-methyl/N-ethyl adjacent to an activating group) is 1. The average molecular weight is 1160 g/mol. The van der Waals surface area contributed by atoms with Crippen LogP contribution < -0.4 is 37.2 Å². The molecule has 444 valence electrons. The Hall–Kier alpha value is -5.15. The van der Waals surface area contributed by atoms with Crippen LogP contribution in [0.4, 0.5) is 5.69 Å². The molecule has 0 radical (unpaired) electrons. The van der Waals surface area contributed by atoms with E-state index in [1.54, 1.807) is 35.3 Å². The van der Waals surface area contributed by atoms with Crippen molar-refractivity contribution in [2.24, 2.45) is 11.8 Å². The summed E-state index contributed by atoms with van der Waals surface area (Å²) in [5.41, 5.74) is 4.00. The molecule has 21 heteroatoms. The summed E-state index contributed by atoms with van der Waals surface area (Å²) in [5, 5.41) is 21.6. The molecule has 5 fully saturated rings. The van der Waals surface area contributed by atoms with Crippen LogP contribution >= 0.6 is 11.6 Å². The molecule has 8 atom stereocenters. The summed E-state index contributed by atoms with van der Waals surface area (Å²) < 4.78 is 29.6. The first kappa shape index (κ1) is 60.4. The van der Waals surface area contributed by atoms with E-state index in [-0.39, 0.29) is 108 Å². The molecule has 2 aromatic rings. The molecule has 7 N–H and O–H groups in total. The maximum atomic E-state index is 14.7. The summed E-state index contributed by atoms with van der Waals surface area (Å²) >= 11 is 6.43. The Morgan fingerprint density at radius 3 is 2.22 bits per heavy atom. The lowest BCUT2D eigenvalue weighted by atomic mass is 9.83. The fourth-order valence-electron chi connectivity index (χ4n) is 14.0. The number of aryl methyl sites for hydroxylation is 1. The second-order valence-corrected chi connectivity index (χ2v) is 26.6. The van der Waals surface area contributed by atoms with Crippen LogP contribution in [-0.4, -0.2) is 152 Å². The van der Waals surface area contributed by atoms with Crippen molar-refractivity contribution >= 4 is 68.7 Å². The predicted octanol–water partition coefficient (Wildman–Crippen LogP) is 5.40. The number of piperidine rings is 2. The van der Waals surface area contributed by atoms with Gasteiger partial charge < -0.3 is 47.0 Å². The lowest BCUT2D eigenvalue weighted by molar-refractivity contribution is -0.143. The largest absolute Gasteiger partial charge is 0.356 e. The summed E-state index contributed by atoms with van der Waals surface area (Å²) in [6.45, 7) is 4.96. The Morgan fingerprint density at radius 1 is 0.778 bits per heavy atom. The first-order chi connectivity index (χ1) is 39.0. The van der Waals surface area contributed by atoms with Gasteiger partial charge in [0.15, 0.2) is 0 Å². The van der Waals surface area contributed by atoms with E-state index in [4.69, 9.17) is 11.6 Å². The molecule has 2 aliphatic carbocycles. The average Bonchev–Trinajstić information content (AvgIpc) is 4.16. The number of rotatable bonds is 24. The van der Waals surface area contributed by atoms with Crippen molar-refractivity contribution in [3.8, 4) is 0 Å². The van der Waals surface area contributed by atoms with E-state index in [0.29, 0.717) is 56.3 Å². The molecular formula is C60H87ClN10O9S. The Balaban J connectivity index is 0.648. The highest BCUT2D eigenvalue weighted by Crippen LogP contribution is 2.40. The summed E-state index contributed by atoms with van der Waals surface area (Å²) in [7, 11) is -1.79. The number of hydrogen-bond acceptors (Lipinski definition) is 11. The Labute approximate surface area is 483 Å². The number of anilines is 1. The normalized spacial score (nSPS) is 25.0. The molecule has 7 aliphatic rings. The van der Waals surface area contributed by atoms with Gasteiger partial charge in [-0.1, -0.05) is 68.0 Å². The quantitative estimate of drug-likeness (QED) is 0.0656. The molecule has 5 aliphatic heterocycles. The second-order valence-electron chi connectivity index (χ2n) is 24.3. The number of hydrogen-bond donors (Lipinski definition) is 7. The van der Waals surface area contributed by atoms with Crippen molar-refractivity contribution in [2.75, 3.05) is 50.8 Å². The molecule has 1 saturated carbocycles. The van der Waals surface area contributed by atoms with Crippen LogP contribution in [0.15, 0.2) is 36.4 Å². The molecular weight excluding hydrogens is 1070 g/mol. The molecule has 7 amide bonds. The minimum Gasteiger partial charge on any atom is -0.356 e. The fraction of sp³-hybridized carbons (Fsp3) is 0.683. The lowest BCUT2D eigenvalue weighted by Gasteiger charge is -2.39. The highest BCUT2D eigenvalue weighted by molar-refractivity contribution is 7.89. The van der Waals surface area contributed by atoms with Gasteiger partial charge in [0.1, 0.15) is 12.1 Å². The number of likely N-dealkylation sites (tertiary alicyclic amines) is 2. The van der Waals surface area contributed by atoms with Gasteiger partial charge in [0, 0.05) is 55.8 Å². The van der Waals surface area contributed by atoms with Crippen LogP contribution in [0, 0.1) is 11.8 Å². The number of nitrogens with one attached hydrogen (secondary N) is 7. The van der Waals surface area contributed by atoms with E-state index in [2.05, 4.69) is 54.3 Å². The zero-order valence-corrected chi connectivity index (χ0v) is 49.1. The number of halogens is 1. The van der Waals surface area contributed by atoms with Gasteiger partial charge in [-0.05, 0) is 171 Å². The molecule has 2 aromatic carbocycles. The van der Waals surface area contributed by atoms with E-state index in [1.165, 1.54) is 5.56 Å². The molecule has 19 nitrogen and oxygen atoms in total. The van der Waals surface area contributed by atoms with Gasteiger partial charge in [-0.2, -0.15) is 4.31 Å². The molecule has 81 heavy (non-hydrogen) atoms. The number of carbonyl (C=O) groups excluding carboxylic acids is 7. The van der Waals surface area contributed by atoms with Crippen LogP contribution in [0.1, 0.15) is 175 Å². The molecule has 0 spiro atoms. The topological polar surface area (TPSA) is 248 Å². The molecule has 1 unspecified atom stereocenters. The van der Waals surface area contributed by atoms with E-state index in [0.717, 1.165) is 127 Å². The third kappa shape index (κ3) is 15.5. The van der Waals surface area contributed by atoms with Crippen LogP contribution in [0.3, 0.4) is 0 Å². The standard InChI is InChI=1S/C60H87ClN10O9S/c1-38(62-2)57(75)68-56(41-15-6-5-7-16-41)60(78)70-36-44(34-52(70)59(77)67-50-19-12-17-40-14-10-11-18-47(40)50)64-54(73)21-9-4-3-8-20-53(72)63-26-13-27-69-28-24-39(25-29-69)37-81(79,80)71-45-22-23-46(71)33-43(32-45)65-58(76)48-30-42-31-55(74)66-51(42)35-49(48)61/h10-11,14,18,30,35,38-39,41,43-46,50,52,56,62H,3-9,12-13,15-17,19-29,31-34,36-37H2,1-2H3,(H,63,72)(H,64,73)(H,65,76)(H,66,74)(H,67,77)(H,68,75)/t38-,43?,44-,45-,46+,50+,52-,56-/m0/s1. The minimum absolute atomic E-state index is 0.00506. The van der Waals surface area contributed by atoms with Crippen molar-refractivity contribution in [1.82, 2.24) is 46.0 Å². The van der Waals surface area contributed by atoms with Gasteiger partial charge in [0.25, 0.3) is 5.91 Å². The SMILES string of the molecule is CN[C@@H](C)C(=O)N[C@H](C(=O)N1C[C@@H](NC(=O)CCCCCCC(=O)NCCCN2CCC(CS(=O)(=O)N3[C@@H]4CC[C@H]3CC(NC(=O)c3cc5c(cc3Cl)NC(=O)C5)C4)CC2)C[C@H]1C(=O)N[C@@H]1CCCc2ccccc21)C1CCCCC1. The molecule has 4 saturated heterocycles. The van der Waals surface area contributed by atoms with Crippen molar-refractivity contribution in [3.05, 3.63) is 63.7 Å². The summed E-state index contributed by atoms with van der Waals surface area (Å²) in [5.74, 6) is -1.18. The van der Waals surface area contributed by atoms with Gasteiger partial charge in [-0.25, -0.2) is 8.42 Å². The van der Waals surface area contributed by atoms with Crippen molar-refractivity contribution < 1.29 is 42.0 Å². The van der Waals surface area contributed by atoms with Crippen LogP contribution in [-0.2, 0) is 51.6 Å². The molecule has 5 heterocycles. The third-order valence-corrected chi connectivity index (χ3v) is 21.0. The molecule has 0 aromatic heterocycles. The Bertz CT molecular complexity index is 2700. The molecule has 9 rings (SSSR count). The maximum absolute atomic E-state index is 14.7. The van der Waals surface area contributed by atoms with Gasteiger partial charge in [0.2, 0.25) is 45.5 Å². The summed E-state index contributed by atoms with van der Waals surface area (Å²) in [6, 6.07) is 8.32. The van der Waals surface area contributed by atoms with E-state index < -0.39 is 34.2 Å². The van der Waals surface area contributed by atoms with Crippen molar-refractivity contribution in [1.29, 1.82) is 0 Å². The number of amides is 7. The smallest absolute Gasteiger partial charge is 0.253 e. The number of benzene rings is 2. The first-order valence-corrected chi connectivity index (χ1v) is 32.4. The number of fused-ring (bicyclic) bond motifs is 4. The molecule has 2 bridgehead atoms. The number of nitrogens with zero attached hydrogens (tertiary/aromatic N) is 3. The zero-order chi connectivity index (χ0) is 57.2. The van der Waals surface area contributed by atoms with Gasteiger partial charge in [-0.15, -0.1) is 0 Å². The Morgan fingerprint density at radius 2 is 1.49 bits per heavy atom. The van der Waals surface area contributed by atoms with E-state index in [9.17, 15) is 42.0 Å². The van der Waals surface area contributed by atoms with E-state index in [1.807, 2.05) is 12.1 Å². The number of carbonyl (C=O) groups is 7. The fourth-order valence-corrected chi connectivity index (χ4v) is 16.7. The van der Waals surface area contributed by atoms with Crippen LogP contribution in [0.25, 0.3) is 0 Å². The summed E-state index contributed by atoms with van der Waals surface area (Å²) in [4.78, 5) is 97.5. The van der Waals surface area contributed by atoms with Gasteiger partial charge in [-0.3, -0.25) is 33.6 Å². The van der Waals surface area contributed by atoms with Crippen LogP contribution in [0.5, 0.6) is 0 Å². The number of sulfonamides is 1. The van der Waals surface area contributed by atoms with Crippen molar-refractivity contribution in [3.63, 3.8) is 0 Å². The zero-order valence-electron chi connectivity index (χ0n) is 47.5. The number of unbranched alkanes of at least 4 members (excludes halogenated alkanes) is 3. The lowest BCUT2D eigenvalue weighted by Crippen LogP contribution is -2.58. The summed E-state index contributed by atoms with van der Waals surface area (Å²) in [6.07, 6.45) is 16.6. The van der Waals surface area contributed by atoms with Gasteiger partial charge in [0.05, 0.1) is 34.8 Å². The van der Waals surface area contributed by atoms with Crippen molar-refractivity contribution in [2.45, 2.75) is 203 Å². The van der Waals surface area contributed by atoms with E-state index >= 15 is 0 Å². The highest BCUT2D eigenvalue weighted by Gasteiger charge is 2.48. The minimum atomic E-state index is -3.50. The predicted molar refractivity (Wildman–Crippen MR) is 311 cm³/mol. The Kier molecular flexibility index (Phi) is 20.9. The van der Waals surface area contributed by atoms with Crippen LogP contribution in [0.2, 0.25) is 5.02 Å². The third-order valence-electron chi connectivity index (χ3n) is 18.5. The highest BCUT2D eigenvalue weighted by atomic mass is 35.5. The second kappa shape index (κ2) is 28.0. The van der Waals surface area contributed by atoms with Gasteiger partial charge >= 0.3 is 0 Å². The monoisotopic (exact) mass is 1160 g/mol.